The van der Waals surface area contributed by atoms with Gasteiger partial charge in [-0.3, -0.25) is 14.9 Å². The molecular formula is C24H29N5O4S3. The molecule has 36 heavy (non-hydrogen) atoms. The highest BCUT2D eigenvalue weighted by molar-refractivity contribution is 8.01. The van der Waals surface area contributed by atoms with Crippen LogP contribution >= 0.6 is 23.1 Å². The Kier molecular flexibility index (Phi) is 9.99. The highest BCUT2D eigenvalue weighted by atomic mass is 32.2. The van der Waals surface area contributed by atoms with Gasteiger partial charge in [0, 0.05) is 24.3 Å². The smallest absolute Gasteiger partial charge is 0.257 e. The van der Waals surface area contributed by atoms with E-state index in [4.69, 9.17) is 0 Å². The fourth-order valence-corrected chi connectivity index (χ4v) is 6.48. The van der Waals surface area contributed by atoms with E-state index in [0.717, 1.165) is 35.4 Å². The van der Waals surface area contributed by atoms with Crippen LogP contribution in [-0.4, -0.2) is 53.6 Å². The van der Waals surface area contributed by atoms with Gasteiger partial charge in [0.15, 0.2) is 4.34 Å². The largest absolute Gasteiger partial charge is 0.325 e. The van der Waals surface area contributed by atoms with E-state index < -0.39 is 15.9 Å². The lowest BCUT2D eigenvalue weighted by atomic mass is 10.2. The fourth-order valence-electron chi connectivity index (χ4n) is 3.31. The second kappa shape index (κ2) is 12.9. The molecule has 0 aliphatic heterocycles. The molecule has 2 aromatic carbocycles. The van der Waals surface area contributed by atoms with Crippen LogP contribution in [0.3, 0.4) is 0 Å². The zero-order valence-electron chi connectivity index (χ0n) is 20.4. The number of nitrogens with zero attached hydrogens (tertiary/aromatic N) is 3. The van der Waals surface area contributed by atoms with Gasteiger partial charge >= 0.3 is 0 Å². The van der Waals surface area contributed by atoms with Crippen molar-refractivity contribution in [2.75, 3.05) is 29.5 Å². The molecule has 0 saturated heterocycles. The highest BCUT2D eigenvalue weighted by Gasteiger charge is 2.23. The van der Waals surface area contributed by atoms with Crippen LogP contribution in [0.5, 0.6) is 0 Å². The lowest BCUT2D eigenvalue weighted by Gasteiger charge is -2.21. The molecule has 0 spiro atoms. The van der Waals surface area contributed by atoms with Crippen molar-refractivity contribution in [2.45, 2.75) is 42.8 Å². The van der Waals surface area contributed by atoms with Crippen molar-refractivity contribution in [3.63, 3.8) is 0 Å². The maximum Gasteiger partial charge on any atom is 0.257 e. The molecule has 0 unspecified atom stereocenters. The van der Waals surface area contributed by atoms with E-state index >= 15 is 0 Å². The molecule has 0 aliphatic rings. The average molecular weight is 548 g/mol. The number of carbonyl (C=O) groups excluding carboxylic acids is 2. The maximum absolute atomic E-state index is 12.9. The van der Waals surface area contributed by atoms with Crippen molar-refractivity contribution in [1.82, 2.24) is 14.5 Å². The number of aryl methyl sites for hydroxylation is 1. The summed E-state index contributed by atoms with van der Waals surface area (Å²) in [4.78, 5) is 25.0. The minimum absolute atomic E-state index is 0.152. The van der Waals surface area contributed by atoms with Crippen LogP contribution in [0, 0.1) is 6.92 Å². The van der Waals surface area contributed by atoms with E-state index in [-0.39, 0.29) is 21.7 Å². The van der Waals surface area contributed by atoms with Crippen LogP contribution in [-0.2, 0) is 14.8 Å². The summed E-state index contributed by atoms with van der Waals surface area (Å²) in [7, 11) is -3.61. The summed E-state index contributed by atoms with van der Waals surface area (Å²) < 4.78 is 27.8. The first-order valence-electron chi connectivity index (χ1n) is 11.5. The number of benzene rings is 2. The summed E-state index contributed by atoms with van der Waals surface area (Å²) in [5.41, 5.74) is 2.08. The number of sulfonamides is 1. The molecule has 2 amide bonds. The van der Waals surface area contributed by atoms with Crippen LogP contribution in [0.2, 0.25) is 0 Å². The Morgan fingerprint density at radius 1 is 1.00 bits per heavy atom. The number of thioether (sulfide) groups is 1. The van der Waals surface area contributed by atoms with Gasteiger partial charge in [0.1, 0.15) is 0 Å². The van der Waals surface area contributed by atoms with Crippen LogP contribution in [0.25, 0.3) is 0 Å². The molecule has 0 saturated carbocycles. The molecule has 3 rings (SSSR count). The van der Waals surface area contributed by atoms with Crippen molar-refractivity contribution < 1.29 is 18.0 Å². The third-order valence-electron chi connectivity index (χ3n) is 4.96. The third-order valence-corrected chi connectivity index (χ3v) is 8.84. The zero-order valence-corrected chi connectivity index (χ0v) is 22.8. The fraction of sp³-hybridized carbons (Fsp3) is 0.333. The molecule has 0 fully saturated rings. The Morgan fingerprint density at radius 2 is 1.69 bits per heavy atom. The average Bonchev–Trinajstić information content (AvgIpc) is 3.30. The summed E-state index contributed by atoms with van der Waals surface area (Å²) in [6.45, 7) is 6.71. The summed E-state index contributed by atoms with van der Waals surface area (Å²) in [5.74, 6) is -0.444. The van der Waals surface area contributed by atoms with Gasteiger partial charge in [-0.15, -0.1) is 10.2 Å². The molecule has 12 heteroatoms. The first-order chi connectivity index (χ1) is 17.2. The molecule has 3 aromatic rings. The molecule has 192 valence electrons. The molecular weight excluding hydrogens is 518 g/mol. The summed E-state index contributed by atoms with van der Waals surface area (Å²) in [6, 6.07) is 13.4. The quantitative estimate of drug-likeness (QED) is 0.250. The van der Waals surface area contributed by atoms with Crippen LogP contribution < -0.4 is 10.6 Å². The SMILES string of the molecule is CCCN(CCC)S(=O)(=O)c1ccc(C(=O)Nc2nnc(SCC(=O)Nc3cccc(C)c3)s2)cc1. The Labute approximate surface area is 219 Å². The van der Waals surface area contributed by atoms with E-state index in [1.54, 1.807) is 0 Å². The number of hydrogen-bond acceptors (Lipinski definition) is 8. The Morgan fingerprint density at radius 3 is 2.33 bits per heavy atom. The Hall–Kier alpha value is -2.80. The molecule has 1 aromatic heterocycles. The van der Waals surface area contributed by atoms with E-state index in [2.05, 4.69) is 20.8 Å². The van der Waals surface area contributed by atoms with Crippen LogP contribution in [0.1, 0.15) is 42.6 Å². The number of hydrogen-bond donors (Lipinski definition) is 2. The number of rotatable bonds is 12. The van der Waals surface area contributed by atoms with E-state index in [9.17, 15) is 18.0 Å². The molecule has 0 aliphatic carbocycles. The third kappa shape index (κ3) is 7.60. The normalized spacial score (nSPS) is 11.4. The molecule has 0 bridgehead atoms. The molecule has 0 radical (unpaired) electrons. The second-order valence-corrected chi connectivity index (χ2v) is 12.1. The topological polar surface area (TPSA) is 121 Å². The Bertz CT molecular complexity index is 1290. The summed E-state index contributed by atoms with van der Waals surface area (Å²) in [5, 5.41) is 13.8. The van der Waals surface area contributed by atoms with Gasteiger partial charge in [0.05, 0.1) is 10.6 Å². The lowest BCUT2D eigenvalue weighted by molar-refractivity contribution is -0.113. The van der Waals surface area contributed by atoms with Gasteiger partial charge in [0.2, 0.25) is 21.1 Å². The summed E-state index contributed by atoms with van der Waals surface area (Å²) in [6.07, 6.45) is 1.44. The van der Waals surface area contributed by atoms with Gasteiger partial charge in [-0.1, -0.05) is 49.1 Å². The first kappa shape index (κ1) is 27.8. The minimum atomic E-state index is -3.61. The maximum atomic E-state index is 12.9. The van der Waals surface area contributed by atoms with Gasteiger partial charge in [-0.2, -0.15) is 4.31 Å². The molecule has 2 N–H and O–H groups in total. The molecule has 0 atom stereocenters. The van der Waals surface area contributed by atoms with Gasteiger partial charge < -0.3 is 5.32 Å². The molecule has 1 heterocycles. The zero-order chi connectivity index (χ0) is 26.1. The number of nitrogens with one attached hydrogen (secondary N) is 2. The standard InChI is InChI=1S/C24H29N5O4S3/c1-4-13-29(14-5-2)36(32,33)20-11-9-18(10-12-20)22(31)26-23-27-28-24(35-23)34-16-21(30)25-19-8-6-7-17(3)15-19/h6-12,15H,4-5,13-14,16H2,1-3H3,(H,25,30)(H,26,27,31). The monoisotopic (exact) mass is 547 g/mol. The van der Waals surface area contributed by atoms with Crippen LogP contribution in [0.15, 0.2) is 57.8 Å². The number of carbonyl (C=O) groups is 2. The van der Waals surface area contributed by atoms with Gasteiger partial charge in [-0.25, -0.2) is 8.42 Å². The van der Waals surface area contributed by atoms with Crippen molar-refractivity contribution in [2.24, 2.45) is 0 Å². The van der Waals surface area contributed by atoms with E-state index in [0.29, 0.717) is 23.0 Å². The van der Waals surface area contributed by atoms with Gasteiger partial charge in [0.25, 0.3) is 5.91 Å². The van der Waals surface area contributed by atoms with Gasteiger partial charge in [-0.05, 0) is 61.7 Å². The van der Waals surface area contributed by atoms with Crippen molar-refractivity contribution in [3.05, 3.63) is 59.7 Å². The number of anilines is 2. The number of amides is 2. The Balaban J connectivity index is 1.56. The lowest BCUT2D eigenvalue weighted by Crippen LogP contribution is -2.32. The second-order valence-electron chi connectivity index (χ2n) is 7.96. The predicted octanol–water partition coefficient (Wildman–Crippen LogP) is 4.64. The van der Waals surface area contributed by atoms with Crippen molar-refractivity contribution >= 4 is 55.8 Å². The van der Waals surface area contributed by atoms with E-state index in [1.807, 2.05) is 45.0 Å². The number of aromatic nitrogens is 2. The van der Waals surface area contributed by atoms with E-state index in [1.165, 1.54) is 40.3 Å². The molecule has 9 nitrogen and oxygen atoms in total. The van der Waals surface area contributed by atoms with Crippen molar-refractivity contribution in [1.29, 1.82) is 0 Å². The first-order valence-corrected chi connectivity index (χ1v) is 14.7. The highest BCUT2D eigenvalue weighted by Crippen LogP contribution is 2.26. The van der Waals surface area contributed by atoms with Crippen molar-refractivity contribution in [3.8, 4) is 0 Å². The predicted molar refractivity (Wildman–Crippen MR) is 144 cm³/mol. The minimum Gasteiger partial charge on any atom is -0.325 e. The summed E-state index contributed by atoms with van der Waals surface area (Å²) >= 11 is 2.38. The van der Waals surface area contributed by atoms with Crippen LogP contribution in [0.4, 0.5) is 10.8 Å².